The Balaban J connectivity index is 1.81. The van der Waals surface area contributed by atoms with Crippen molar-refractivity contribution >= 4 is 39.4 Å². The molecule has 0 bridgehead atoms. The number of hydrogen-bond acceptors (Lipinski definition) is 2. The van der Waals surface area contributed by atoms with Gasteiger partial charge in [-0.25, -0.2) is 9.38 Å². The van der Waals surface area contributed by atoms with Gasteiger partial charge in [0.25, 0.3) is 5.91 Å². The molecule has 3 aromatic rings. The Hall–Kier alpha value is -3.05. The van der Waals surface area contributed by atoms with Crippen LogP contribution in [-0.2, 0) is 4.79 Å². The van der Waals surface area contributed by atoms with Crippen molar-refractivity contribution in [3.63, 3.8) is 0 Å². The molecule has 0 unspecified atom stereocenters. The largest absolute Gasteiger partial charge is 0.282 e. The number of anilines is 1. The van der Waals surface area contributed by atoms with Crippen LogP contribution in [0.25, 0.3) is 6.08 Å². The maximum Gasteiger partial charge on any atom is 0.282 e. The minimum absolute atomic E-state index is 0.245. The molecule has 1 heterocycles. The van der Waals surface area contributed by atoms with E-state index in [9.17, 15) is 9.18 Å². The van der Waals surface area contributed by atoms with Gasteiger partial charge in [-0.2, -0.15) is 0 Å². The maximum absolute atomic E-state index is 13.4. The molecular weight excluding hydrogens is 419 g/mol. The number of aryl methyl sites for hydroxylation is 1. The van der Waals surface area contributed by atoms with E-state index in [-0.39, 0.29) is 11.7 Å². The summed E-state index contributed by atoms with van der Waals surface area (Å²) >= 11 is 3.42. The van der Waals surface area contributed by atoms with Gasteiger partial charge in [-0.05, 0) is 55.0 Å². The summed E-state index contributed by atoms with van der Waals surface area (Å²) in [6, 6.07) is 21.3. The molecule has 1 aliphatic heterocycles. The lowest BCUT2D eigenvalue weighted by atomic mass is 10.1. The third-order valence-electron chi connectivity index (χ3n) is 4.43. The second-order valence-electron chi connectivity index (χ2n) is 6.50. The van der Waals surface area contributed by atoms with Crippen LogP contribution < -0.4 is 4.90 Å². The first-order chi connectivity index (χ1) is 13.5. The summed E-state index contributed by atoms with van der Waals surface area (Å²) in [6.07, 6.45) is 1.77. The highest BCUT2D eigenvalue weighted by Crippen LogP contribution is 2.28. The summed E-state index contributed by atoms with van der Waals surface area (Å²) < 4.78 is 14.3. The second-order valence-corrected chi connectivity index (χ2v) is 7.42. The van der Waals surface area contributed by atoms with E-state index in [2.05, 4.69) is 20.9 Å². The van der Waals surface area contributed by atoms with E-state index in [0.29, 0.717) is 17.2 Å². The molecule has 0 fully saturated rings. The average Bonchev–Trinajstić information content (AvgIpc) is 3.01. The smallest absolute Gasteiger partial charge is 0.266 e. The van der Waals surface area contributed by atoms with Gasteiger partial charge in [0.05, 0.1) is 5.69 Å². The zero-order valence-corrected chi connectivity index (χ0v) is 16.7. The van der Waals surface area contributed by atoms with Crippen LogP contribution in [-0.4, -0.2) is 11.7 Å². The fourth-order valence-corrected chi connectivity index (χ4v) is 3.22. The number of halogens is 2. The molecule has 138 valence electrons. The zero-order chi connectivity index (χ0) is 19.7. The topological polar surface area (TPSA) is 32.7 Å². The average molecular weight is 435 g/mol. The number of benzene rings is 3. The van der Waals surface area contributed by atoms with Crippen molar-refractivity contribution in [1.29, 1.82) is 0 Å². The van der Waals surface area contributed by atoms with Gasteiger partial charge >= 0.3 is 0 Å². The zero-order valence-electron chi connectivity index (χ0n) is 15.1. The quantitative estimate of drug-likeness (QED) is 0.484. The third-order valence-corrected chi connectivity index (χ3v) is 4.96. The van der Waals surface area contributed by atoms with Crippen molar-refractivity contribution in [1.82, 2.24) is 0 Å². The molecule has 3 nitrogen and oxygen atoms in total. The predicted molar refractivity (Wildman–Crippen MR) is 114 cm³/mol. The van der Waals surface area contributed by atoms with E-state index in [4.69, 9.17) is 0 Å². The number of aliphatic imine (C=N–C) groups is 1. The monoisotopic (exact) mass is 434 g/mol. The first-order valence-electron chi connectivity index (χ1n) is 8.74. The fraction of sp³-hybridized carbons (Fsp3) is 0.0435. The highest BCUT2D eigenvalue weighted by atomic mass is 79.9. The normalized spacial score (nSPS) is 15.2. The van der Waals surface area contributed by atoms with E-state index < -0.39 is 0 Å². The van der Waals surface area contributed by atoms with E-state index in [1.807, 2.05) is 55.5 Å². The molecule has 5 heteroatoms. The van der Waals surface area contributed by atoms with Gasteiger partial charge in [0.15, 0.2) is 0 Å². The molecule has 0 atom stereocenters. The number of carbonyl (C=O) groups excluding carboxylic acids is 1. The van der Waals surface area contributed by atoms with E-state index in [0.717, 1.165) is 21.2 Å². The van der Waals surface area contributed by atoms with Crippen LogP contribution in [0.1, 0.15) is 16.7 Å². The molecule has 1 amide bonds. The van der Waals surface area contributed by atoms with Gasteiger partial charge in [-0.3, -0.25) is 9.69 Å². The van der Waals surface area contributed by atoms with Crippen LogP contribution in [0.4, 0.5) is 10.1 Å². The second kappa shape index (κ2) is 7.52. The van der Waals surface area contributed by atoms with Crippen LogP contribution in [0.15, 0.2) is 88.0 Å². The number of amides is 1. The number of amidine groups is 1. The Bertz CT molecular complexity index is 1080. The van der Waals surface area contributed by atoms with Crippen LogP contribution in [0.5, 0.6) is 0 Å². The van der Waals surface area contributed by atoms with Gasteiger partial charge < -0.3 is 0 Å². The van der Waals surface area contributed by atoms with Crippen molar-refractivity contribution in [3.8, 4) is 0 Å². The summed E-state index contributed by atoms with van der Waals surface area (Å²) in [6.45, 7) is 2.01. The lowest BCUT2D eigenvalue weighted by Crippen LogP contribution is -2.32. The molecule has 3 aromatic carbocycles. The molecule has 28 heavy (non-hydrogen) atoms. The molecule has 0 saturated heterocycles. The Morgan fingerprint density at radius 2 is 1.57 bits per heavy atom. The molecule has 0 aliphatic carbocycles. The molecule has 0 spiro atoms. The summed E-state index contributed by atoms with van der Waals surface area (Å²) in [7, 11) is 0. The summed E-state index contributed by atoms with van der Waals surface area (Å²) in [5, 5.41) is 0. The van der Waals surface area contributed by atoms with Gasteiger partial charge in [0.1, 0.15) is 17.3 Å². The minimum Gasteiger partial charge on any atom is -0.266 e. The maximum atomic E-state index is 13.4. The lowest BCUT2D eigenvalue weighted by molar-refractivity contribution is -0.113. The van der Waals surface area contributed by atoms with E-state index >= 15 is 0 Å². The van der Waals surface area contributed by atoms with Crippen LogP contribution in [0.3, 0.4) is 0 Å². The van der Waals surface area contributed by atoms with Gasteiger partial charge in [0.2, 0.25) is 0 Å². The van der Waals surface area contributed by atoms with Crippen LogP contribution >= 0.6 is 15.9 Å². The Labute approximate surface area is 171 Å². The van der Waals surface area contributed by atoms with Crippen LogP contribution in [0, 0.1) is 12.7 Å². The number of rotatable bonds is 3. The Morgan fingerprint density at radius 3 is 2.21 bits per heavy atom. The van der Waals surface area contributed by atoms with Gasteiger partial charge in [0, 0.05) is 10.0 Å². The highest BCUT2D eigenvalue weighted by molar-refractivity contribution is 9.10. The standard InChI is InChI=1S/C23H16BrFN2O/c1-15-2-4-16(5-3-15)14-21-23(28)27(20-12-10-19(25)11-13-20)22(26-21)17-6-8-18(24)9-7-17/h2-14H,1H3/b21-14+. The molecule has 1 aliphatic rings. The molecule has 0 N–H and O–H groups in total. The molecule has 0 aromatic heterocycles. The van der Waals surface area contributed by atoms with Crippen molar-refractivity contribution in [2.45, 2.75) is 6.92 Å². The van der Waals surface area contributed by atoms with Gasteiger partial charge in [-0.15, -0.1) is 0 Å². The first kappa shape index (κ1) is 18.3. The van der Waals surface area contributed by atoms with E-state index in [1.165, 1.54) is 17.0 Å². The highest BCUT2D eigenvalue weighted by Gasteiger charge is 2.32. The van der Waals surface area contributed by atoms with E-state index in [1.54, 1.807) is 18.2 Å². The summed E-state index contributed by atoms with van der Waals surface area (Å²) in [4.78, 5) is 19.3. The minimum atomic E-state index is -0.354. The molecule has 4 rings (SSSR count). The van der Waals surface area contributed by atoms with Crippen molar-refractivity contribution < 1.29 is 9.18 Å². The van der Waals surface area contributed by atoms with Crippen molar-refractivity contribution in [2.24, 2.45) is 4.99 Å². The Kier molecular flexibility index (Phi) is 4.92. The summed E-state index contributed by atoms with van der Waals surface area (Å²) in [5.41, 5.74) is 3.75. The predicted octanol–water partition coefficient (Wildman–Crippen LogP) is 5.73. The number of carbonyl (C=O) groups is 1. The first-order valence-corrected chi connectivity index (χ1v) is 9.53. The fourth-order valence-electron chi connectivity index (χ4n) is 2.96. The molecule has 0 radical (unpaired) electrons. The van der Waals surface area contributed by atoms with Crippen molar-refractivity contribution in [2.75, 3.05) is 4.90 Å². The summed E-state index contributed by atoms with van der Waals surface area (Å²) in [5.74, 6) is -0.0829. The third kappa shape index (κ3) is 3.66. The molecule has 0 saturated carbocycles. The van der Waals surface area contributed by atoms with Gasteiger partial charge in [-0.1, -0.05) is 57.9 Å². The van der Waals surface area contributed by atoms with Crippen molar-refractivity contribution in [3.05, 3.63) is 105 Å². The molecular formula is C23H16BrFN2O. The Morgan fingerprint density at radius 1 is 0.929 bits per heavy atom. The number of nitrogens with zero attached hydrogens (tertiary/aromatic N) is 2. The van der Waals surface area contributed by atoms with Crippen LogP contribution in [0.2, 0.25) is 0 Å². The SMILES string of the molecule is Cc1ccc(/C=C2/N=C(c3ccc(Br)cc3)N(c3ccc(F)cc3)C2=O)cc1. The lowest BCUT2D eigenvalue weighted by Gasteiger charge is -2.18. The number of hydrogen-bond donors (Lipinski definition) is 0.